The summed E-state index contributed by atoms with van der Waals surface area (Å²) >= 11 is 17.9. The first-order valence-electron chi connectivity index (χ1n) is 8.98. The number of hydrogen-bond donors (Lipinski definition) is 0. The number of rotatable bonds is 3. The summed E-state index contributed by atoms with van der Waals surface area (Å²) in [6, 6.07) is 25.1. The molecule has 0 aromatic heterocycles. The van der Waals surface area contributed by atoms with Crippen LogP contribution in [0.2, 0.25) is 15.1 Å². The van der Waals surface area contributed by atoms with Gasteiger partial charge in [0.25, 0.3) is 0 Å². The Morgan fingerprint density at radius 2 is 1.32 bits per heavy atom. The predicted molar refractivity (Wildman–Crippen MR) is 115 cm³/mol. The zero-order chi connectivity index (χ0) is 19.9. The molecule has 4 rings (SSSR count). The Hall–Kier alpha value is -2.00. The molecule has 0 radical (unpaired) electrons. The number of benzene rings is 3. The molecule has 3 aromatic carbocycles. The van der Waals surface area contributed by atoms with Gasteiger partial charge in [0, 0.05) is 0 Å². The van der Waals surface area contributed by atoms with E-state index in [9.17, 15) is 4.79 Å². The Bertz CT molecular complexity index is 887. The number of carbonyl (C=O) groups excluding carboxylic acids is 1. The zero-order valence-electron chi connectivity index (χ0n) is 15.0. The third-order valence-electron chi connectivity index (χ3n) is 4.68. The Kier molecular flexibility index (Phi) is 7.38. The van der Waals surface area contributed by atoms with Gasteiger partial charge in [-0.3, -0.25) is 4.79 Å². The first-order valence-corrected chi connectivity index (χ1v) is 10.1. The Balaban J connectivity index is 0.000000320. The normalized spacial score (nSPS) is 17.7. The minimum atomic E-state index is -0.277. The van der Waals surface area contributed by atoms with E-state index >= 15 is 0 Å². The van der Waals surface area contributed by atoms with Crippen LogP contribution in [0.3, 0.4) is 0 Å². The molecule has 2 unspecified atom stereocenters. The molecule has 0 spiro atoms. The topological polar surface area (TPSA) is 26.3 Å². The van der Waals surface area contributed by atoms with Crippen LogP contribution in [0.1, 0.15) is 24.3 Å². The van der Waals surface area contributed by atoms with Gasteiger partial charge in [0.2, 0.25) is 0 Å². The van der Waals surface area contributed by atoms with Crippen molar-refractivity contribution in [3.8, 4) is 5.75 Å². The molecule has 3 aromatic rings. The molecule has 5 heteroatoms. The maximum Gasteiger partial charge on any atom is 0.315 e. The van der Waals surface area contributed by atoms with Crippen molar-refractivity contribution < 1.29 is 9.53 Å². The van der Waals surface area contributed by atoms with Crippen LogP contribution in [0.15, 0.2) is 78.9 Å². The summed E-state index contributed by atoms with van der Waals surface area (Å²) in [6.07, 6.45) is 1.80. The van der Waals surface area contributed by atoms with Gasteiger partial charge >= 0.3 is 5.97 Å². The molecule has 2 nitrogen and oxygen atoms in total. The van der Waals surface area contributed by atoms with E-state index in [0.29, 0.717) is 5.02 Å². The van der Waals surface area contributed by atoms with Crippen molar-refractivity contribution in [2.24, 2.45) is 5.92 Å². The van der Waals surface area contributed by atoms with Crippen molar-refractivity contribution in [1.82, 2.24) is 0 Å². The molecule has 2 atom stereocenters. The Labute approximate surface area is 180 Å². The van der Waals surface area contributed by atoms with E-state index in [4.69, 9.17) is 39.5 Å². The maximum absolute atomic E-state index is 12.4. The first kappa shape index (κ1) is 20.7. The summed E-state index contributed by atoms with van der Waals surface area (Å²) in [7, 11) is 0. The van der Waals surface area contributed by atoms with Crippen molar-refractivity contribution >= 4 is 40.8 Å². The van der Waals surface area contributed by atoms with Crippen LogP contribution in [-0.4, -0.2) is 5.97 Å². The predicted octanol–water partition coefficient (Wildman–Crippen LogP) is 7.43. The van der Waals surface area contributed by atoms with Crippen LogP contribution in [0.5, 0.6) is 5.75 Å². The summed E-state index contributed by atoms with van der Waals surface area (Å²) in [6.45, 7) is 0. The van der Waals surface area contributed by atoms with Crippen molar-refractivity contribution in [1.29, 1.82) is 0 Å². The molecule has 0 amide bonds. The fourth-order valence-electron chi connectivity index (χ4n) is 3.04. The van der Waals surface area contributed by atoms with Crippen LogP contribution in [-0.2, 0) is 4.79 Å². The Morgan fingerprint density at radius 1 is 0.750 bits per heavy atom. The lowest BCUT2D eigenvalue weighted by atomic mass is 9.70. The molecule has 0 bridgehead atoms. The lowest BCUT2D eigenvalue weighted by molar-refractivity contribution is -0.142. The van der Waals surface area contributed by atoms with Gasteiger partial charge in [-0.15, -0.1) is 0 Å². The summed E-state index contributed by atoms with van der Waals surface area (Å²) in [5.74, 6) is 0.0309. The van der Waals surface area contributed by atoms with E-state index in [2.05, 4.69) is 0 Å². The van der Waals surface area contributed by atoms with Crippen LogP contribution in [0.25, 0.3) is 0 Å². The minimum Gasteiger partial charge on any atom is -0.425 e. The van der Waals surface area contributed by atoms with Crippen LogP contribution in [0, 0.1) is 5.92 Å². The highest BCUT2D eigenvalue weighted by atomic mass is 35.5. The standard InChI is InChI=1S/C17H13Cl3O2.C6H6/c18-13-8-9-14(16(20)15(13)19)22-17(21)12-7-6-11(12)10-4-2-1-3-5-10;1-2-4-6-5-3-1/h1-5,8-9,11-12H,6-7H2;1-6H. The van der Waals surface area contributed by atoms with Crippen molar-refractivity contribution in [2.75, 3.05) is 0 Å². The molecule has 28 heavy (non-hydrogen) atoms. The molecule has 0 saturated heterocycles. The van der Waals surface area contributed by atoms with E-state index < -0.39 is 0 Å². The lowest BCUT2D eigenvalue weighted by Crippen LogP contribution is -2.34. The second-order valence-electron chi connectivity index (χ2n) is 6.45. The summed E-state index contributed by atoms with van der Waals surface area (Å²) in [4.78, 5) is 12.4. The van der Waals surface area contributed by atoms with Gasteiger partial charge in [-0.05, 0) is 36.5 Å². The number of ether oxygens (including phenoxy) is 1. The first-order chi connectivity index (χ1) is 13.6. The Morgan fingerprint density at radius 3 is 1.86 bits per heavy atom. The van der Waals surface area contributed by atoms with Gasteiger partial charge in [0.15, 0.2) is 5.75 Å². The molecule has 1 aliphatic rings. The smallest absolute Gasteiger partial charge is 0.315 e. The SMILES string of the molecule is O=C(Oc1ccc(Cl)c(Cl)c1Cl)C1CCC1c1ccccc1.c1ccccc1. The largest absolute Gasteiger partial charge is 0.425 e. The van der Waals surface area contributed by atoms with E-state index in [0.717, 1.165) is 18.4 Å². The van der Waals surface area contributed by atoms with Gasteiger partial charge in [-0.2, -0.15) is 0 Å². The number of carbonyl (C=O) groups is 1. The third kappa shape index (κ3) is 5.08. The lowest BCUT2D eigenvalue weighted by Gasteiger charge is -2.35. The monoisotopic (exact) mass is 432 g/mol. The molecule has 0 N–H and O–H groups in total. The summed E-state index contributed by atoms with van der Waals surface area (Å²) in [5, 5.41) is 0.692. The highest BCUT2D eigenvalue weighted by Gasteiger charge is 2.39. The average Bonchev–Trinajstić information content (AvgIpc) is 2.70. The summed E-state index contributed by atoms with van der Waals surface area (Å²) < 4.78 is 5.42. The number of hydrogen-bond acceptors (Lipinski definition) is 2. The van der Waals surface area contributed by atoms with Crippen molar-refractivity contribution in [3.05, 3.63) is 99.5 Å². The highest BCUT2D eigenvalue weighted by Crippen LogP contribution is 2.44. The fraction of sp³-hybridized carbons (Fsp3) is 0.174. The highest BCUT2D eigenvalue weighted by molar-refractivity contribution is 6.48. The van der Waals surface area contributed by atoms with Crippen molar-refractivity contribution in [3.63, 3.8) is 0 Å². The fourth-order valence-corrected chi connectivity index (χ4v) is 3.60. The number of halogens is 3. The molecule has 0 heterocycles. The van der Waals surface area contributed by atoms with Crippen molar-refractivity contribution in [2.45, 2.75) is 18.8 Å². The van der Waals surface area contributed by atoms with E-state index in [-0.39, 0.29) is 33.6 Å². The summed E-state index contributed by atoms with van der Waals surface area (Å²) in [5.41, 5.74) is 1.16. The molecular weight excluding hydrogens is 415 g/mol. The van der Waals surface area contributed by atoms with Crippen LogP contribution < -0.4 is 4.74 Å². The quantitative estimate of drug-likeness (QED) is 0.244. The van der Waals surface area contributed by atoms with Gasteiger partial charge < -0.3 is 4.74 Å². The maximum atomic E-state index is 12.4. The molecule has 1 aliphatic carbocycles. The van der Waals surface area contributed by atoms with Gasteiger partial charge in [-0.1, -0.05) is 102 Å². The van der Waals surface area contributed by atoms with Gasteiger partial charge in [0.05, 0.1) is 16.0 Å². The van der Waals surface area contributed by atoms with E-state index in [1.165, 1.54) is 0 Å². The minimum absolute atomic E-state index is 0.145. The zero-order valence-corrected chi connectivity index (χ0v) is 17.3. The second kappa shape index (κ2) is 9.97. The van der Waals surface area contributed by atoms with E-state index in [1.807, 2.05) is 66.7 Å². The molecule has 1 fully saturated rings. The molecule has 1 saturated carbocycles. The van der Waals surface area contributed by atoms with Gasteiger partial charge in [-0.25, -0.2) is 0 Å². The van der Waals surface area contributed by atoms with Crippen LogP contribution in [0.4, 0.5) is 0 Å². The number of esters is 1. The molecular formula is C23H19Cl3O2. The third-order valence-corrected chi connectivity index (χ3v) is 5.96. The molecule has 0 aliphatic heterocycles. The molecule has 144 valence electrons. The van der Waals surface area contributed by atoms with E-state index in [1.54, 1.807) is 12.1 Å². The average molecular weight is 434 g/mol. The van der Waals surface area contributed by atoms with Crippen LogP contribution >= 0.6 is 34.8 Å². The second-order valence-corrected chi connectivity index (χ2v) is 7.61. The van der Waals surface area contributed by atoms with Gasteiger partial charge in [0.1, 0.15) is 5.02 Å².